The maximum absolute atomic E-state index is 9.88. The van der Waals surface area contributed by atoms with Gasteiger partial charge in [0.1, 0.15) is 0 Å². The van der Waals surface area contributed by atoms with E-state index in [4.69, 9.17) is 4.74 Å². The van der Waals surface area contributed by atoms with Crippen LogP contribution in [0.4, 0.5) is 0 Å². The molecule has 1 heterocycles. The van der Waals surface area contributed by atoms with E-state index >= 15 is 0 Å². The molecule has 1 aromatic heterocycles. The van der Waals surface area contributed by atoms with Crippen molar-refractivity contribution in [2.75, 3.05) is 13.2 Å². The van der Waals surface area contributed by atoms with Gasteiger partial charge in [-0.3, -0.25) is 0 Å². The van der Waals surface area contributed by atoms with Gasteiger partial charge in [0.15, 0.2) is 0 Å². The number of thiophene rings is 1. The molecule has 2 unspecified atom stereocenters. The van der Waals surface area contributed by atoms with Crippen molar-refractivity contribution in [3.8, 4) is 0 Å². The van der Waals surface area contributed by atoms with Crippen LogP contribution in [0.5, 0.6) is 0 Å². The standard InChI is InChI=1S/C15H25NO2S/c1-15(2)6-5-12(8-15)16-9-13(17)10-18-11-14-4-3-7-19-14/h3-4,7,12-13,16-17H,5-6,8-11H2,1-2H3. The zero-order valence-electron chi connectivity index (χ0n) is 11.9. The van der Waals surface area contributed by atoms with Crippen LogP contribution in [-0.2, 0) is 11.3 Å². The van der Waals surface area contributed by atoms with E-state index in [-0.39, 0.29) is 0 Å². The second-order valence-electron chi connectivity index (χ2n) is 6.26. The van der Waals surface area contributed by atoms with E-state index in [1.54, 1.807) is 11.3 Å². The second-order valence-corrected chi connectivity index (χ2v) is 7.29. The largest absolute Gasteiger partial charge is 0.389 e. The van der Waals surface area contributed by atoms with Crippen LogP contribution in [0, 0.1) is 5.41 Å². The minimum atomic E-state index is -0.413. The van der Waals surface area contributed by atoms with Crippen molar-refractivity contribution in [2.24, 2.45) is 5.41 Å². The van der Waals surface area contributed by atoms with Crippen LogP contribution >= 0.6 is 11.3 Å². The normalized spacial score (nSPS) is 23.6. The zero-order valence-corrected chi connectivity index (χ0v) is 12.7. The molecular formula is C15H25NO2S. The summed E-state index contributed by atoms with van der Waals surface area (Å²) in [6.45, 7) is 6.27. The van der Waals surface area contributed by atoms with Gasteiger partial charge in [-0.25, -0.2) is 0 Å². The molecule has 1 aliphatic carbocycles. The Balaban J connectivity index is 1.56. The highest BCUT2D eigenvalue weighted by atomic mass is 32.1. The molecule has 2 N–H and O–H groups in total. The molecule has 0 spiro atoms. The molecule has 0 aromatic carbocycles. The Morgan fingerprint density at radius 2 is 2.42 bits per heavy atom. The number of hydrogen-bond acceptors (Lipinski definition) is 4. The summed E-state index contributed by atoms with van der Waals surface area (Å²) in [6, 6.07) is 4.63. The minimum absolute atomic E-state index is 0.404. The molecule has 0 bridgehead atoms. The lowest BCUT2D eigenvalue weighted by atomic mass is 9.92. The Kier molecular flexibility index (Phi) is 5.39. The summed E-state index contributed by atoms with van der Waals surface area (Å²) < 4.78 is 5.52. The average Bonchev–Trinajstić information content (AvgIpc) is 2.96. The maximum Gasteiger partial charge on any atom is 0.0897 e. The summed E-state index contributed by atoms with van der Waals surface area (Å²) in [5.74, 6) is 0. The van der Waals surface area contributed by atoms with E-state index < -0.39 is 6.10 Å². The lowest BCUT2D eigenvalue weighted by Crippen LogP contribution is -2.36. The molecule has 0 aliphatic heterocycles. The SMILES string of the molecule is CC1(C)CCC(NCC(O)COCc2cccs2)C1. The number of aliphatic hydroxyl groups excluding tert-OH is 1. The summed E-state index contributed by atoms with van der Waals surface area (Å²) in [5, 5.41) is 15.4. The Bertz CT molecular complexity index is 364. The number of aliphatic hydroxyl groups is 1. The fraction of sp³-hybridized carbons (Fsp3) is 0.733. The Labute approximate surface area is 120 Å². The molecule has 0 amide bonds. The first-order chi connectivity index (χ1) is 9.05. The van der Waals surface area contributed by atoms with Crippen LogP contribution in [0.1, 0.15) is 38.0 Å². The van der Waals surface area contributed by atoms with Gasteiger partial charge in [-0.15, -0.1) is 11.3 Å². The van der Waals surface area contributed by atoms with Gasteiger partial charge in [-0.05, 0) is 36.1 Å². The van der Waals surface area contributed by atoms with Gasteiger partial charge in [0.2, 0.25) is 0 Å². The van der Waals surface area contributed by atoms with Crippen LogP contribution in [-0.4, -0.2) is 30.4 Å². The zero-order chi connectivity index (χ0) is 13.7. The third-order valence-corrected chi connectivity index (χ3v) is 4.60. The predicted molar refractivity (Wildman–Crippen MR) is 79.4 cm³/mol. The fourth-order valence-corrected chi connectivity index (χ4v) is 3.30. The summed E-state index contributed by atoms with van der Waals surface area (Å²) >= 11 is 1.69. The second kappa shape index (κ2) is 6.84. The van der Waals surface area contributed by atoms with Gasteiger partial charge in [-0.1, -0.05) is 19.9 Å². The summed E-state index contributed by atoms with van der Waals surface area (Å²) in [5.41, 5.74) is 0.457. The first-order valence-electron chi connectivity index (χ1n) is 7.07. The molecule has 2 atom stereocenters. The minimum Gasteiger partial charge on any atom is -0.389 e. The molecular weight excluding hydrogens is 258 g/mol. The molecule has 108 valence electrons. The quantitative estimate of drug-likeness (QED) is 0.808. The van der Waals surface area contributed by atoms with Crippen molar-refractivity contribution in [1.82, 2.24) is 5.32 Å². The molecule has 1 fully saturated rings. The molecule has 1 aromatic rings. The van der Waals surface area contributed by atoms with E-state index in [0.717, 1.165) is 0 Å². The molecule has 1 saturated carbocycles. The fourth-order valence-electron chi connectivity index (χ4n) is 2.66. The van der Waals surface area contributed by atoms with Gasteiger partial charge < -0.3 is 15.2 Å². The number of nitrogens with one attached hydrogen (secondary N) is 1. The number of ether oxygens (including phenoxy) is 1. The predicted octanol–water partition coefficient (Wildman–Crippen LogP) is 2.79. The van der Waals surface area contributed by atoms with Gasteiger partial charge in [0, 0.05) is 17.5 Å². The van der Waals surface area contributed by atoms with Crippen LogP contribution in [0.2, 0.25) is 0 Å². The topological polar surface area (TPSA) is 41.5 Å². The van der Waals surface area contributed by atoms with Crippen molar-refractivity contribution in [1.29, 1.82) is 0 Å². The van der Waals surface area contributed by atoms with E-state index in [0.29, 0.717) is 31.2 Å². The maximum atomic E-state index is 9.88. The molecule has 0 radical (unpaired) electrons. The van der Waals surface area contributed by atoms with Crippen molar-refractivity contribution in [2.45, 2.75) is 51.9 Å². The van der Waals surface area contributed by atoms with Gasteiger partial charge in [-0.2, -0.15) is 0 Å². The van der Waals surface area contributed by atoms with Crippen LogP contribution in [0.25, 0.3) is 0 Å². The van der Waals surface area contributed by atoms with Gasteiger partial charge in [0.25, 0.3) is 0 Å². The van der Waals surface area contributed by atoms with E-state index in [1.165, 1.54) is 24.1 Å². The van der Waals surface area contributed by atoms with E-state index in [2.05, 4.69) is 25.2 Å². The smallest absolute Gasteiger partial charge is 0.0897 e. The molecule has 1 aliphatic rings. The highest BCUT2D eigenvalue weighted by molar-refractivity contribution is 7.09. The van der Waals surface area contributed by atoms with Crippen LogP contribution in [0.15, 0.2) is 17.5 Å². The summed E-state index contributed by atoms with van der Waals surface area (Å²) in [6.07, 6.45) is 3.28. The van der Waals surface area contributed by atoms with Gasteiger partial charge in [0.05, 0.1) is 19.3 Å². The van der Waals surface area contributed by atoms with Crippen molar-refractivity contribution in [3.63, 3.8) is 0 Å². The third-order valence-electron chi connectivity index (χ3n) is 3.75. The Hall–Kier alpha value is -0.420. The number of rotatable bonds is 7. The summed E-state index contributed by atoms with van der Waals surface area (Å²) in [4.78, 5) is 1.21. The summed E-state index contributed by atoms with van der Waals surface area (Å²) in [7, 11) is 0. The van der Waals surface area contributed by atoms with Crippen molar-refractivity contribution in [3.05, 3.63) is 22.4 Å². The first kappa shape index (κ1) is 15.0. The lowest BCUT2D eigenvalue weighted by Gasteiger charge is -2.19. The van der Waals surface area contributed by atoms with E-state index in [1.807, 2.05) is 11.4 Å². The van der Waals surface area contributed by atoms with Gasteiger partial charge >= 0.3 is 0 Å². The van der Waals surface area contributed by atoms with E-state index in [9.17, 15) is 5.11 Å². The lowest BCUT2D eigenvalue weighted by molar-refractivity contribution is 0.0285. The Morgan fingerprint density at radius 3 is 3.05 bits per heavy atom. The average molecular weight is 283 g/mol. The van der Waals surface area contributed by atoms with Crippen LogP contribution in [0.3, 0.4) is 0 Å². The van der Waals surface area contributed by atoms with Crippen molar-refractivity contribution < 1.29 is 9.84 Å². The first-order valence-corrected chi connectivity index (χ1v) is 7.95. The molecule has 3 nitrogen and oxygen atoms in total. The molecule has 19 heavy (non-hydrogen) atoms. The van der Waals surface area contributed by atoms with Crippen LogP contribution < -0.4 is 5.32 Å². The number of hydrogen-bond donors (Lipinski definition) is 2. The molecule has 0 saturated heterocycles. The molecule has 2 rings (SSSR count). The highest BCUT2D eigenvalue weighted by Crippen LogP contribution is 2.36. The Morgan fingerprint density at radius 1 is 1.58 bits per heavy atom. The highest BCUT2D eigenvalue weighted by Gasteiger charge is 2.30. The van der Waals surface area contributed by atoms with Crippen molar-refractivity contribution >= 4 is 11.3 Å². The monoisotopic (exact) mass is 283 g/mol. The molecule has 4 heteroatoms. The third kappa shape index (κ3) is 5.22.